The van der Waals surface area contributed by atoms with E-state index in [1.165, 1.54) is 35.9 Å². The van der Waals surface area contributed by atoms with Crippen LogP contribution in [-0.4, -0.2) is 4.98 Å². The monoisotopic (exact) mass is 437 g/mol. The largest absolute Gasteiger partial charge is 0.416 e. The van der Waals surface area contributed by atoms with Crippen molar-refractivity contribution in [3.63, 3.8) is 0 Å². The number of fused-ring (bicyclic) bond motifs is 1. The summed E-state index contributed by atoms with van der Waals surface area (Å²) in [5.74, 6) is 0.118. The van der Waals surface area contributed by atoms with Crippen molar-refractivity contribution >= 4 is 11.6 Å². The molecule has 0 radical (unpaired) electrons. The van der Waals surface area contributed by atoms with E-state index in [1.807, 2.05) is 6.92 Å². The number of nitrogens with zero attached hydrogens (tertiary/aromatic N) is 1. The molecule has 1 unspecified atom stereocenters. The molecule has 0 saturated heterocycles. The molecular weight excluding hydrogens is 407 g/mol. The molecule has 1 nitrogen and oxygen atoms in total. The lowest BCUT2D eigenvalue weighted by Gasteiger charge is -2.18. The predicted octanol–water partition coefficient (Wildman–Crippen LogP) is 8.32. The van der Waals surface area contributed by atoms with Gasteiger partial charge in [-0.15, -0.1) is 0 Å². The van der Waals surface area contributed by atoms with E-state index in [0.717, 1.165) is 63.9 Å². The summed E-state index contributed by atoms with van der Waals surface area (Å²) in [7, 11) is 0. The van der Waals surface area contributed by atoms with E-state index in [2.05, 4.69) is 12.1 Å². The number of hydrogen-bond donors (Lipinski definition) is 0. The van der Waals surface area contributed by atoms with Gasteiger partial charge in [0.15, 0.2) is 0 Å². The van der Waals surface area contributed by atoms with Crippen molar-refractivity contribution in [3.05, 3.63) is 63.4 Å². The molecule has 1 aromatic carbocycles. The summed E-state index contributed by atoms with van der Waals surface area (Å²) in [4.78, 5) is 4.84. The van der Waals surface area contributed by atoms with Crippen LogP contribution in [-0.2, 0) is 25.4 Å². The van der Waals surface area contributed by atoms with Crippen molar-refractivity contribution in [2.75, 3.05) is 0 Å². The highest BCUT2D eigenvalue weighted by molar-refractivity contribution is 6.30. The zero-order valence-electron chi connectivity index (χ0n) is 17.7. The van der Waals surface area contributed by atoms with Gasteiger partial charge < -0.3 is 0 Å². The highest BCUT2D eigenvalue weighted by Crippen LogP contribution is 2.35. The van der Waals surface area contributed by atoms with E-state index in [-0.39, 0.29) is 10.9 Å². The third-order valence-electron chi connectivity index (χ3n) is 6.18. The Bertz CT molecular complexity index is 832. The molecule has 1 aliphatic rings. The number of unbranched alkanes of at least 4 members (excludes halogenated alkanes) is 3. The third-order valence-corrected chi connectivity index (χ3v) is 6.40. The maximum Gasteiger partial charge on any atom is 0.416 e. The van der Waals surface area contributed by atoms with Gasteiger partial charge in [-0.05, 0) is 92.7 Å². The highest BCUT2D eigenvalue weighted by Gasteiger charge is 2.31. The van der Waals surface area contributed by atoms with Crippen LogP contribution in [0.1, 0.15) is 92.3 Å². The lowest BCUT2D eigenvalue weighted by molar-refractivity contribution is -0.137. The number of rotatable bonds is 9. The van der Waals surface area contributed by atoms with Crippen LogP contribution in [0.3, 0.4) is 0 Å². The first-order chi connectivity index (χ1) is 14.4. The summed E-state index contributed by atoms with van der Waals surface area (Å²) in [6, 6.07) is 8.39. The molecule has 0 saturated carbocycles. The first kappa shape index (κ1) is 23.1. The van der Waals surface area contributed by atoms with Gasteiger partial charge in [0, 0.05) is 16.4 Å². The fraction of sp³-hybridized carbons (Fsp3) is 0.560. The maximum absolute atomic E-state index is 13.1. The van der Waals surface area contributed by atoms with Crippen LogP contribution < -0.4 is 0 Å². The molecule has 164 valence electrons. The van der Waals surface area contributed by atoms with Crippen molar-refractivity contribution in [1.82, 2.24) is 4.98 Å². The number of aromatic nitrogens is 1. The molecule has 5 heteroatoms. The van der Waals surface area contributed by atoms with Crippen LogP contribution in [0.5, 0.6) is 0 Å². The molecule has 0 fully saturated rings. The van der Waals surface area contributed by atoms with Crippen LogP contribution in [0.2, 0.25) is 5.02 Å². The van der Waals surface area contributed by atoms with Crippen LogP contribution in [0.4, 0.5) is 13.2 Å². The van der Waals surface area contributed by atoms with E-state index < -0.39 is 11.7 Å². The van der Waals surface area contributed by atoms with E-state index in [9.17, 15) is 13.2 Å². The second kappa shape index (κ2) is 10.7. The van der Waals surface area contributed by atoms with Gasteiger partial charge in [0.1, 0.15) is 0 Å². The average Bonchev–Trinajstić information content (AvgIpc) is 2.72. The first-order valence-corrected chi connectivity index (χ1v) is 11.6. The minimum Gasteiger partial charge on any atom is -0.258 e. The second-order valence-electron chi connectivity index (χ2n) is 8.44. The smallest absolute Gasteiger partial charge is 0.258 e. The molecule has 2 aromatic rings. The summed E-state index contributed by atoms with van der Waals surface area (Å²) in [6.45, 7) is 2.03. The van der Waals surface area contributed by atoms with Gasteiger partial charge >= 0.3 is 6.18 Å². The van der Waals surface area contributed by atoms with Gasteiger partial charge in [0.05, 0.1) is 5.56 Å². The normalized spacial score (nSPS) is 15.1. The summed E-state index contributed by atoms with van der Waals surface area (Å²) in [5, 5.41) is 0.163. The minimum absolute atomic E-state index is 0.118. The Morgan fingerprint density at radius 2 is 1.77 bits per heavy atom. The number of hydrogen-bond acceptors (Lipinski definition) is 1. The van der Waals surface area contributed by atoms with Gasteiger partial charge in [0.2, 0.25) is 0 Å². The summed E-state index contributed by atoms with van der Waals surface area (Å²) in [6.07, 6.45) is 7.50. The van der Waals surface area contributed by atoms with Gasteiger partial charge in [-0.1, -0.05) is 43.9 Å². The van der Waals surface area contributed by atoms with Crippen LogP contribution in [0, 0.1) is 0 Å². The summed E-state index contributed by atoms with van der Waals surface area (Å²) < 4.78 is 39.2. The summed E-state index contributed by atoms with van der Waals surface area (Å²) >= 11 is 5.96. The van der Waals surface area contributed by atoms with Gasteiger partial charge in [-0.2, -0.15) is 13.2 Å². The van der Waals surface area contributed by atoms with Crippen LogP contribution >= 0.6 is 11.6 Å². The number of benzene rings is 1. The predicted molar refractivity (Wildman–Crippen MR) is 117 cm³/mol. The van der Waals surface area contributed by atoms with E-state index >= 15 is 0 Å². The van der Waals surface area contributed by atoms with Crippen LogP contribution in [0.15, 0.2) is 30.3 Å². The standard InChI is InChI=1S/C25H31ClF3N/c1-2-18(20-15-21(25(27,28)29)17-22(26)16-20)9-5-3-4-6-11-23-14-13-19-10-7-8-12-24(19)30-23/h13-18H,2-12H2,1H3. The molecule has 1 heterocycles. The Labute approximate surface area is 183 Å². The zero-order chi connectivity index (χ0) is 21.6. The van der Waals surface area contributed by atoms with Crippen molar-refractivity contribution in [2.45, 2.75) is 89.6 Å². The van der Waals surface area contributed by atoms with Gasteiger partial charge in [-0.3, -0.25) is 4.98 Å². The Morgan fingerprint density at radius 3 is 2.53 bits per heavy atom. The van der Waals surface area contributed by atoms with E-state index in [1.54, 1.807) is 6.07 Å². The lowest BCUT2D eigenvalue weighted by atomic mass is 9.89. The molecule has 0 spiro atoms. The van der Waals surface area contributed by atoms with Crippen molar-refractivity contribution < 1.29 is 13.2 Å². The van der Waals surface area contributed by atoms with Crippen molar-refractivity contribution in [1.29, 1.82) is 0 Å². The quantitative estimate of drug-likeness (QED) is 0.359. The SMILES string of the molecule is CCC(CCCCCCc1ccc2c(n1)CCCC2)c1cc(Cl)cc(C(F)(F)F)c1. The molecule has 1 atom stereocenters. The summed E-state index contributed by atoms with van der Waals surface area (Å²) in [5.41, 5.74) is 3.96. The van der Waals surface area contributed by atoms with Crippen molar-refractivity contribution in [3.8, 4) is 0 Å². The lowest BCUT2D eigenvalue weighted by Crippen LogP contribution is -2.07. The number of halogens is 4. The maximum atomic E-state index is 13.1. The molecule has 3 rings (SSSR count). The van der Waals surface area contributed by atoms with Gasteiger partial charge in [0.25, 0.3) is 0 Å². The fourth-order valence-electron chi connectivity index (χ4n) is 4.44. The minimum atomic E-state index is -4.36. The molecular formula is C25H31ClF3N. The Hall–Kier alpha value is -1.55. The molecule has 1 aromatic heterocycles. The highest BCUT2D eigenvalue weighted by atomic mass is 35.5. The zero-order valence-corrected chi connectivity index (χ0v) is 18.5. The van der Waals surface area contributed by atoms with E-state index in [0.29, 0.717) is 5.56 Å². The third kappa shape index (κ3) is 6.47. The second-order valence-corrected chi connectivity index (χ2v) is 8.88. The number of aryl methyl sites for hydroxylation is 3. The molecule has 0 aliphatic heterocycles. The first-order valence-electron chi connectivity index (χ1n) is 11.2. The van der Waals surface area contributed by atoms with Gasteiger partial charge in [-0.25, -0.2) is 0 Å². The Balaban J connectivity index is 1.44. The molecule has 1 aliphatic carbocycles. The van der Waals surface area contributed by atoms with E-state index in [4.69, 9.17) is 16.6 Å². The molecule has 0 N–H and O–H groups in total. The fourth-order valence-corrected chi connectivity index (χ4v) is 4.68. The number of alkyl halides is 3. The topological polar surface area (TPSA) is 12.9 Å². The Kier molecular flexibility index (Phi) is 8.21. The van der Waals surface area contributed by atoms with Crippen molar-refractivity contribution in [2.24, 2.45) is 0 Å². The molecule has 0 bridgehead atoms. The van der Waals surface area contributed by atoms with Crippen LogP contribution in [0.25, 0.3) is 0 Å². The Morgan fingerprint density at radius 1 is 1.00 bits per heavy atom. The average molecular weight is 438 g/mol. The number of pyridine rings is 1. The molecule has 0 amide bonds. The molecule has 30 heavy (non-hydrogen) atoms.